The number of carbonyl (C=O) groups excluding carboxylic acids is 2. The second-order valence-corrected chi connectivity index (χ2v) is 6.67. The molecule has 4 N–H and O–H groups in total. The summed E-state index contributed by atoms with van der Waals surface area (Å²) in [4.78, 5) is 28.5. The minimum atomic E-state index is -1.04. The van der Waals surface area contributed by atoms with E-state index in [1.807, 2.05) is 18.2 Å². The van der Waals surface area contributed by atoms with Crippen LogP contribution in [0.25, 0.3) is 0 Å². The van der Waals surface area contributed by atoms with Gasteiger partial charge in [-0.3, -0.25) is 9.59 Å². The SMILES string of the molecule is NC(=O)CCC(N)C1=N[C@@]2(c3ccccc3Cl)CCC[C@@H](O1)C2=O. The van der Waals surface area contributed by atoms with E-state index in [2.05, 4.69) is 4.99 Å². The molecule has 6 nitrogen and oxygen atoms in total. The highest BCUT2D eigenvalue weighted by molar-refractivity contribution is 6.32. The van der Waals surface area contributed by atoms with Crippen molar-refractivity contribution in [3.05, 3.63) is 34.9 Å². The zero-order valence-corrected chi connectivity index (χ0v) is 14.0. The van der Waals surface area contributed by atoms with Gasteiger partial charge in [-0.2, -0.15) is 0 Å². The maximum absolute atomic E-state index is 12.9. The summed E-state index contributed by atoms with van der Waals surface area (Å²) < 4.78 is 5.73. The summed E-state index contributed by atoms with van der Waals surface area (Å²) in [7, 11) is 0. The smallest absolute Gasteiger partial charge is 0.217 e. The molecule has 0 radical (unpaired) electrons. The molecule has 1 aromatic carbocycles. The first-order chi connectivity index (χ1) is 11.4. The van der Waals surface area contributed by atoms with Gasteiger partial charge >= 0.3 is 0 Å². The number of benzene rings is 1. The summed E-state index contributed by atoms with van der Waals surface area (Å²) in [5.74, 6) is -0.202. The minimum absolute atomic E-state index is 0.0762. The van der Waals surface area contributed by atoms with E-state index in [4.69, 9.17) is 27.8 Å². The Morgan fingerprint density at radius 1 is 1.46 bits per heavy atom. The third-order valence-corrected chi connectivity index (χ3v) is 4.94. The number of nitrogens with two attached hydrogens (primary N) is 2. The van der Waals surface area contributed by atoms with Gasteiger partial charge in [-0.05, 0) is 31.7 Å². The number of ether oxygens (including phenoxy) is 1. The lowest BCUT2D eigenvalue weighted by Gasteiger charge is -2.42. The van der Waals surface area contributed by atoms with Gasteiger partial charge in [0, 0.05) is 17.0 Å². The predicted octanol–water partition coefficient (Wildman–Crippen LogP) is 1.68. The molecule has 0 saturated heterocycles. The Morgan fingerprint density at radius 2 is 2.21 bits per heavy atom. The average molecular weight is 350 g/mol. The van der Waals surface area contributed by atoms with E-state index in [-0.39, 0.29) is 12.2 Å². The van der Waals surface area contributed by atoms with Crippen LogP contribution in [0.2, 0.25) is 5.02 Å². The third-order valence-electron chi connectivity index (χ3n) is 4.61. The number of hydrogen-bond donors (Lipinski definition) is 2. The fourth-order valence-corrected chi connectivity index (χ4v) is 3.66. The first-order valence-corrected chi connectivity index (χ1v) is 8.41. The Bertz CT molecular complexity index is 706. The van der Waals surface area contributed by atoms with Crippen LogP contribution in [0.1, 0.15) is 37.7 Å². The van der Waals surface area contributed by atoms with E-state index in [0.717, 1.165) is 6.42 Å². The third kappa shape index (κ3) is 2.91. The molecule has 2 aliphatic rings. The molecule has 1 aromatic rings. The second-order valence-electron chi connectivity index (χ2n) is 6.26. The fourth-order valence-electron chi connectivity index (χ4n) is 3.36. The van der Waals surface area contributed by atoms with Crippen LogP contribution >= 0.6 is 11.6 Å². The summed E-state index contributed by atoms with van der Waals surface area (Å²) >= 11 is 6.34. The van der Waals surface area contributed by atoms with Crippen LogP contribution in [0.5, 0.6) is 0 Å². The molecule has 128 valence electrons. The number of fused-ring (bicyclic) bond motifs is 2. The van der Waals surface area contributed by atoms with E-state index in [0.29, 0.717) is 35.7 Å². The van der Waals surface area contributed by atoms with E-state index < -0.39 is 23.6 Å². The highest BCUT2D eigenvalue weighted by Crippen LogP contribution is 2.44. The van der Waals surface area contributed by atoms with Crippen molar-refractivity contribution < 1.29 is 14.3 Å². The van der Waals surface area contributed by atoms with Gasteiger partial charge in [0.2, 0.25) is 17.6 Å². The molecule has 1 heterocycles. The van der Waals surface area contributed by atoms with Gasteiger partial charge in [0.1, 0.15) is 0 Å². The van der Waals surface area contributed by atoms with Gasteiger partial charge in [0.15, 0.2) is 11.6 Å². The Kier molecular flexibility index (Phi) is 4.60. The number of amides is 1. The first kappa shape index (κ1) is 16.9. The summed E-state index contributed by atoms with van der Waals surface area (Å²) in [5, 5.41) is 0.502. The van der Waals surface area contributed by atoms with Gasteiger partial charge in [0.25, 0.3) is 0 Å². The maximum atomic E-state index is 12.9. The molecule has 1 amide bonds. The second kappa shape index (κ2) is 6.53. The molecule has 0 spiro atoms. The number of ketones is 1. The summed E-state index contributed by atoms with van der Waals surface area (Å²) in [6.07, 6.45) is 1.92. The lowest BCUT2D eigenvalue weighted by atomic mass is 9.73. The topological polar surface area (TPSA) is 108 Å². The predicted molar refractivity (Wildman–Crippen MR) is 90.7 cm³/mol. The molecule has 1 aliphatic carbocycles. The molecular formula is C17H20ClN3O3. The molecule has 0 aromatic heterocycles. The molecule has 1 unspecified atom stereocenters. The maximum Gasteiger partial charge on any atom is 0.217 e. The van der Waals surface area contributed by atoms with Crippen LogP contribution in [0.3, 0.4) is 0 Å². The number of rotatable bonds is 5. The van der Waals surface area contributed by atoms with Gasteiger partial charge in [-0.25, -0.2) is 4.99 Å². The normalized spacial score (nSPS) is 27.2. The summed E-state index contributed by atoms with van der Waals surface area (Å²) in [6.45, 7) is 0. The zero-order chi connectivity index (χ0) is 17.3. The standard InChI is InChI=1S/C17H20ClN3O3/c18-11-5-2-1-4-10(11)17-9-3-6-13(15(17)23)24-16(21-17)12(19)7-8-14(20)22/h1-2,4-5,12-13H,3,6-9,19H2,(H2,20,22)/t12?,13-,17-/m1/s1. The van der Waals surface area contributed by atoms with Crippen molar-refractivity contribution in [3.8, 4) is 0 Å². The minimum Gasteiger partial charge on any atom is -0.468 e. The van der Waals surface area contributed by atoms with Crippen molar-refractivity contribution >= 4 is 29.2 Å². The quantitative estimate of drug-likeness (QED) is 0.842. The molecule has 24 heavy (non-hydrogen) atoms. The van der Waals surface area contributed by atoms with Gasteiger partial charge in [-0.15, -0.1) is 0 Å². The van der Waals surface area contributed by atoms with E-state index >= 15 is 0 Å². The molecule has 2 bridgehead atoms. The van der Waals surface area contributed by atoms with Gasteiger partial charge in [-0.1, -0.05) is 29.8 Å². The Hall–Kier alpha value is -1.92. The van der Waals surface area contributed by atoms with Crippen LogP contribution in [-0.4, -0.2) is 29.7 Å². The number of halogens is 1. The number of primary amides is 1. The molecular weight excluding hydrogens is 330 g/mol. The number of aliphatic imine (C=N–C) groups is 1. The largest absolute Gasteiger partial charge is 0.468 e. The lowest BCUT2D eigenvalue weighted by Crippen LogP contribution is -2.54. The van der Waals surface area contributed by atoms with E-state index in [1.54, 1.807) is 6.07 Å². The molecule has 1 fully saturated rings. The molecule has 3 rings (SSSR count). The Balaban J connectivity index is 2.01. The summed E-state index contributed by atoms with van der Waals surface area (Å²) in [5.41, 5.74) is 10.9. The van der Waals surface area contributed by atoms with E-state index in [1.165, 1.54) is 0 Å². The number of Topliss-reactive ketones (excluding diaryl/α,β-unsaturated/α-hetero) is 1. The van der Waals surface area contributed by atoms with Crippen molar-refractivity contribution in [1.29, 1.82) is 0 Å². The van der Waals surface area contributed by atoms with Crippen molar-refractivity contribution in [2.45, 2.75) is 49.8 Å². The van der Waals surface area contributed by atoms with Gasteiger partial charge in [0.05, 0.1) is 6.04 Å². The highest BCUT2D eigenvalue weighted by atomic mass is 35.5. The number of nitrogens with zero attached hydrogens (tertiary/aromatic N) is 1. The number of hydrogen-bond acceptors (Lipinski definition) is 5. The van der Waals surface area contributed by atoms with Gasteiger partial charge < -0.3 is 16.2 Å². The monoisotopic (exact) mass is 349 g/mol. The fraction of sp³-hybridized carbons (Fsp3) is 0.471. The summed E-state index contributed by atoms with van der Waals surface area (Å²) in [6, 6.07) is 6.65. The molecule has 1 saturated carbocycles. The van der Waals surface area contributed by atoms with E-state index in [9.17, 15) is 9.59 Å². The Labute approximate surface area is 145 Å². The molecule has 1 aliphatic heterocycles. The zero-order valence-electron chi connectivity index (χ0n) is 13.2. The van der Waals surface area contributed by atoms with Crippen molar-refractivity contribution in [3.63, 3.8) is 0 Å². The average Bonchev–Trinajstić information content (AvgIpc) is 2.53. The van der Waals surface area contributed by atoms with Crippen molar-refractivity contribution in [2.75, 3.05) is 0 Å². The highest BCUT2D eigenvalue weighted by Gasteiger charge is 2.52. The van der Waals surface area contributed by atoms with Crippen LogP contribution in [0, 0.1) is 0 Å². The Morgan fingerprint density at radius 3 is 2.92 bits per heavy atom. The van der Waals surface area contributed by atoms with Crippen LogP contribution < -0.4 is 11.5 Å². The molecule has 3 atom stereocenters. The van der Waals surface area contributed by atoms with Crippen LogP contribution in [-0.2, 0) is 19.9 Å². The van der Waals surface area contributed by atoms with Crippen molar-refractivity contribution in [1.82, 2.24) is 0 Å². The first-order valence-electron chi connectivity index (χ1n) is 8.03. The van der Waals surface area contributed by atoms with Crippen molar-refractivity contribution in [2.24, 2.45) is 16.5 Å². The number of carbonyl (C=O) groups is 2. The van der Waals surface area contributed by atoms with Crippen LogP contribution in [0.15, 0.2) is 29.3 Å². The molecule has 7 heteroatoms. The van der Waals surface area contributed by atoms with Crippen LogP contribution in [0.4, 0.5) is 0 Å². The lowest BCUT2D eigenvalue weighted by molar-refractivity contribution is -0.137.